The van der Waals surface area contributed by atoms with Crippen molar-refractivity contribution in [1.29, 1.82) is 0 Å². The fourth-order valence-electron chi connectivity index (χ4n) is 3.46. The molecule has 0 saturated heterocycles. The Hall–Kier alpha value is -3.87. The van der Waals surface area contributed by atoms with Crippen molar-refractivity contribution in [2.75, 3.05) is 5.32 Å². The van der Waals surface area contributed by atoms with Crippen molar-refractivity contribution >= 4 is 17.2 Å². The maximum absolute atomic E-state index is 12.8. The van der Waals surface area contributed by atoms with E-state index in [0.29, 0.717) is 35.0 Å². The minimum atomic E-state index is -0.302. The molecule has 0 aliphatic heterocycles. The predicted molar refractivity (Wildman–Crippen MR) is 117 cm³/mol. The summed E-state index contributed by atoms with van der Waals surface area (Å²) in [6.07, 6.45) is 0.698. The van der Waals surface area contributed by atoms with Crippen LogP contribution >= 0.6 is 0 Å². The molecule has 0 aliphatic rings. The van der Waals surface area contributed by atoms with Crippen molar-refractivity contribution < 1.29 is 14.1 Å². The highest BCUT2D eigenvalue weighted by Gasteiger charge is 2.18. The molecule has 0 fully saturated rings. The van der Waals surface area contributed by atoms with Gasteiger partial charge >= 0.3 is 0 Å². The largest absolute Gasteiger partial charge is 0.487 e. The van der Waals surface area contributed by atoms with Crippen LogP contribution in [-0.4, -0.2) is 15.5 Å². The second-order valence-corrected chi connectivity index (χ2v) is 7.26. The number of ether oxygens (including phenoxy) is 1. The van der Waals surface area contributed by atoms with Crippen LogP contribution in [-0.2, 0) is 11.4 Å². The predicted octanol–water partition coefficient (Wildman–Crippen LogP) is 4.31. The number of carbonyl (C=O) groups excluding carboxylic acids is 1. The molecule has 1 atom stereocenters. The summed E-state index contributed by atoms with van der Waals surface area (Å²) in [6.45, 7) is 3.87. The Morgan fingerprint density at radius 1 is 1.13 bits per heavy atom. The van der Waals surface area contributed by atoms with Gasteiger partial charge in [-0.05, 0) is 31.0 Å². The minimum absolute atomic E-state index is 0.0682. The quantitative estimate of drug-likeness (QED) is 0.484. The molecule has 0 bridgehead atoms. The van der Waals surface area contributed by atoms with Crippen LogP contribution < -0.4 is 15.6 Å². The van der Waals surface area contributed by atoms with Crippen LogP contribution in [0, 0.1) is 6.92 Å². The van der Waals surface area contributed by atoms with Crippen LogP contribution in [0.25, 0.3) is 5.65 Å². The molecule has 2 aromatic carbocycles. The zero-order valence-electron chi connectivity index (χ0n) is 17.4. The molecule has 1 unspecified atom stereocenters. The van der Waals surface area contributed by atoms with E-state index in [1.165, 1.54) is 6.07 Å². The van der Waals surface area contributed by atoms with Gasteiger partial charge in [-0.25, -0.2) is 4.98 Å². The van der Waals surface area contributed by atoms with E-state index < -0.39 is 0 Å². The maximum atomic E-state index is 12.8. The van der Waals surface area contributed by atoms with E-state index in [1.807, 2.05) is 43.3 Å². The number of amides is 1. The van der Waals surface area contributed by atoms with E-state index in [-0.39, 0.29) is 24.0 Å². The Labute approximate surface area is 179 Å². The first-order valence-electron chi connectivity index (χ1n) is 10.1. The van der Waals surface area contributed by atoms with Crippen molar-refractivity contribution in [1.82, 2.24) is 9.56 Å². The van der Waals surface area contributed by atoms with Gasteiger partial charge in [0.25, 0.3) is 5.56 Å². The lowest BCUT2D eigenvalue weighted by molar-refractivity contribution is -0.117. The Morgan fingerprint density at radius 2 is 1.94 bits per heavy atom. The third-order valence-electron chi connectivity index (χ3n) is 4.94. The highest BCUT2D eigenvalue weighted by molar-refractivity contribution is 5.95. The molecule has 7 nitrogen and oxygen atoms in total. The van der Waals surface area contributed by atoms with Crippen LogP contribution in [0.15, 0.2) is 76.0 Å². The van der Waals surface area contributed by atoms with Gasteiger partial charge in [-0.3, -0.25) is 9.59 Å². The standard InChI is InChI=1S/C24H23N3O4/c1-3-21(17-8-5-4-6-9-17)24(29)26-18-10-7-11-20(13-18)30-15-19-14-23(28)27-22(25-19)12-16(2)31-27/h4-14,21H,3,15H2,1-2H3,(H,26,29). The van der Waals surface area contributed by atoms with Crippen molar-refractivity contribution in [3.05, 3.63) is 94.1 Å². The van der Waals surface area contributed by atoms with Gasteiger partial charge in [-0.15, -0.1) is 4.57 Å². The lowest BCUT2D eigenvalue weighted by Gasteiger charge is -2.16. The van der Waals surface area contributed by atoms with Crippen LogP contribution in [0.5, 0.6) is 5.75 Å². The third kappa shape index (κ3) is 4.66. The van der Waals surface area contributed by atoms with E-state index in [0.717, 1.165) is 10.1 Å². The van der Waals surface area contributed by atoms with Gasteiger partial charge < -0.3 is 14.6 Å². The molecular weight excluding hydrogens is 394 g/mol. The average molecular weight is 417 g/mol. The zero-order chi connectivity index (χ0) is 21.8. The first-order chi connectivity index (χ1) is 15.0. The van der Waals surface area contributed by atoms with Gasteiger partial charge in [-0.2, -0.15) is 0 Å². The Kier molecular flexibility index (Phi) is 5.84. The lowest BCUT2D eigenvalue weighted by Crippen LogP contribution is -2.20. The number of carbonyl (C=O) groups is 1. The Bertz CT molecular complexity index is 1260. The highest BCUT2D eigenvalue weighted by Crippen LogP contribution is 2.23. The molecule has 158 valence electrons. The van der Waals surface area contributed by atoms with Crippen molar-refractivity contribution in [3.8, 4) is 5.75 Å². The smallest absolute Gasteiger partial charge is 0.287 e. The van der Waals surface area contributed by atoms with Crippen LogP contribution in [0.1, 0.15) is 36.3 Å². The first kappa shape index (κ1) is 20.4. The SMILES string of the molecule is CCC(C(=O)Nc1cccc(OCc2cc(=O)n3oc(C)cc3n2)c1)c1ccccc1. The summed E-state index contributed by atoms with van der Waals surface area (Å²) in [7, 11) is 0. The van der Waals surface area contributed by atoms with E-state index in [4.69, 9.17) is 9.26 Å². The van der Waals surface area contributed by atoms with E-state index >= 15 is 0 Å². The second-order valence-electron chi connectivity index (χ2n) is 7.26. The average Bonchev–Trinajstić information content (AvgIpc) is 3.15. The molecule has 2 aromatic heterocycles. The van der Waals surface area contributed by atoms with Gasteiger partial charge in [0.05, 0.1) is 11.6 Å². The molecule has 4 aromatic rings. The summed E-state index contributed by atoms with van der Waals surface area (Å²) in [5, 5.41) is 2.97. The van der Waals surface area contributed by atoms with Gasteiger partial charge in [0.15, 0.2) is 5.65 Å². The number of hydrogen-bond acceptors (Lipinski definition) is 5. The topological polar surface area (TPSA) is 85.8 Å². The number of aromatic nitrogens is 2. The number of rotatable bonds is 7. The number of benzene rings is 2. The lowest BCUT2D eigenvalue weighted by atomic mass is 9.95. The van der Waals surface area contributed by atoms with Gasteiger partial charge in [0.2, 0.25) is 5.91 Å². The maximum Gasteiger partial charge on any atom is 0.287 e. The third-order valence-corrected chi connectivity index (χ3v) is 4.94. The molecule has 1 amide bonds. The monoisotopic (exact) mass is 417 g/mol. The summed E-state index contributed by atoms with van der Waals surface area (Å²) in [4.78, 5) is 29.3. The van der Waals surface area contributed by atoms with Crippen molar-refractivity contribution in [2.24, 2.45) is 0 Å². The zero-order valence-corrected chi connectivity index (χ0v) is 17.4. The molecular formula is C24H23N3O4. The Morgan fingerprint density at radius 3 is 2.71 bits per heavy atom. The normalized spacial score (nSPS) is 11.9. The fraction of sp³-hybridized carbons (Fsp3) is 0.208. The number of anilines is 1. The number of hydrogen-bond donors (Lipinski definition) is 1. The summed E-state index contributed by atoms with van der Waals surface area (Å²) in [5.41, 5.74) is 2.26. The van der Waals surface area contributed by atoms with E-state index in [1.54, 1.807) is 31.2 Å². The molecule has 0 aliphatic carbocycles. The van der Waals surface area contributed by atoms with Crippen molar-refractivity contribution in [2.45, 2.75) is 32.8 Å². The number of nitrogens with one attached hydrogen (secondary N) is 1. The number of aryl methyl sites for hydroxylation is 1. The second kappa shape index (κ2) is 8.87. The van der Waals surface area contributed by atoms with Crippen LogP contribution in [0.3, 0.4) is 0 Å². The molecule has 0 saturated carbocycles. The summed E-state index contributed by atoms with van der Waals surface area (Å²) >= 11 is 0. The first-order valence-corrected chi connectivity index (χ1v) is 10.1. The van der Waals surface area contributed by atoms with E-state index in [2.05, 4.69) is 10.3 Å². The Balaban J connectivity index is 1.45. The van der Waals surface area contributed by atoms with Gasteiger partial charge in [0, 0.05) is 23.9 Å². The minimum Gasteiger partial charge on any atom is -0.487 e. The fourth-order valence-corrected chi connectivity index (χ4v) is 3.46. The summed E-state index contributed by atoms with van der Waals surface area (Å²) < 4.78 is 12.2. The molecule has 31 heavy (non-hydrogen) atoms. The summed E-state index contributed by atoms with van der Waals surface area (Å²) in [6, 6.07) is 20.0. The molecule has 4 rings (SSSR count). The van der Waals surface area contributed by atoms with Gasteiger partial charge in [-0.1, -0.05) is 43.3 Å². The molecule has 1 N–H and O–H groups in total. The van der Waals surface area contributed by atoms with E-state index in [9.17, 15) is 9.59 Å². The van der Waals surface area contributed by atoms with Crippen LogP contribution in [0.2, 0.25) is 0 Å². The molecule has 2 heterocycles. The molecule has 0 spiro atoms. The summed E-state index contributed by atoms with van der Waals surface area (Å²) in [5.74, 6) is 0.873. The molecule has 7 heteroatoms. The van der Waals surface area contributed by atoms with Crippen molar-refractivity contribution in [3.63, 3.8) is 0 Å². The van der Waals surface area contributed by atoms with Gasteiger partial charge in [0.1, 0.15) is 18.1 Å². The van der Waals surface area contributed by atoms with Crippen LogP contribution in [0.4, 0.5) is 5.69 Å². The number of nitrogens with zero attached hydrogens (tertiary/aromatic N) is 2. The number of fused-ring (bicyclic) bond motifs is 1. The highest BCUT2D eigenvalue weighted by atomic mass is 16.5. The molecule has 0 radical (unpaired) electrons.